The maximum atomic E-state index is 12.5. The van der Waals surface area contributed by atoms with Gasteiger partial charge in [0.05, 0.1) is 23.5 Å². The topological polar surface area (TPSA) is 77.2 Å². The molecule has 3 N–H and O–H groups in total. The molecule has 5 nitrogen and oxygen atoms in total. The highest BCUT2D eigenvalue weighted by Crippen LogP contribution is 2.31. The number of anilines is 1. The van der Waals surface area contributed by atoms with Gasteiger partial charge in [0.25, 0.3) is 0 Å². The zero-order chi connectivity index (χ0) is 18.4. The molecule has 8 heteroatoms. The first-order valence-electron chi connectivity index (χ1n) is 7.67. The molecule has 0 spiro atoms. The van der Waals surface area contributed by atoms with Crippen LogP contribution >= 0.6 is 0 Å². The lowest BCUT2D eigenvalue weighted by Crippen LogP contribution is -2.35. The van der Waals surface area contributed by atoms with Crippen molar-refractivity contribution < 1.29 is 22.7 Å². The molecule has 1 atom stereocenters. The van der Waals surface area contributed by atoms with E-state index in [0.29, 0.717) is 12.1 Å². The van der Waals surface area contributed by atoms with Crippen LogP contribution in [-0.4, -0.2) is 16.9 Å². The Hall–Kier alpha value is -2.61. The van der Waals surface area contributed by atoms with Crippen molar-refractivity contribution in [2.24, 2.45) is 5.73 Å². The Balaban J connectivity index is 1.97. The molecule has 1 aromatic heterocycles. The third-order valence-electron chi connectivity index (χ3n) is 3.34. The molecule has 25 heavy (non-hydrogen) atoms. The van der Waals surface area contributed by atoms with E-state index in [-0.39, 0.29) is 17.5 Å². The molecule has 0 saturated carbocycles. The van der Waals surface area contributed by atoms with Crippen LogP contribution in [0.3, 0.4) is 0 Å². The van der Waals surface area contributed by atoms with Gasteiger partial charge >= 0.3 is 6.18 Å². The lowest BCUT2D eigenvalue weighted by atomic mass is 10.1. The Morgan fingerprint density at radius 1 is 1.24 bits per heavy atom. The minimum Gasteiger partial charge on any atom is -0.439 e. The summed E-state index contributed by atoms with van der Waals surface area (Å²) in [6, 6.07) is 6.77. The molecule has 0 fully saturated rings. The van der Waals surface area contributed by atoms with E-state index >= 15 is 0 Å². The van der Waals surface area contributed by atoms with Gasteiger partial charge in [0.15, 0.2) is 0 Å². The second kappa shape index (κ2) is 7.98. The largest absolute Gasteiger partial charge is 0.439 e. The van der Waals surface area contributed by atoms with Gasteiger partial charge < -0.3 is 15.8 Å². The molecule has 2 rings (SSSR count). The molecule has 1 amide bonds. The minimum atomic E-state index is -4.39. The SMILES string of the molecule is CCCC(N)C(=O)Nc1ccc(Oc2ccc(C(F)(F)F)cc2)nc1. The number of alkyl halides is 3. The van der Waals surface area contributed by atoms with Gasteiger partial charge in [-0.1, -0.05) is 13.3 Å². The molecule has 0 bridgehead atoms. The van der Waals surface area contributed by atoms with Crippen LogP contribution in [0.15, 0.2) is 42.6 Å². The van der Waals surface area contributed by atoms with E-state index in [2.05, 4.69) is 10.3 Å². The number of hydrogen-bond acceptors (Lipinski definition) is 4. The van der Waals surface area contributed by atoms with Crippen LogP contribution in [0, 0.1) is 0 Å². The van der Waals surface area contributed by atoms with Gasteiger partial charge in [-0.05, 0) is 36.8 Å². The molecule has 1 heterocycles. The molecule has 1 aromatic carbocycles. The molecule has 0 radical (unpaired) electrons. The van der Waals surface area contributed by atoms with Gasteiger partial charge in [0.2, 0.25) is 11.8 Å². The summed E-state index contributed by atoms with van der Waals surface area (Å²) in [5, 5.41) is 2.63. The molecule has 134 valence electrons. The molecular formula is C17H18F3N3O2. The summed E-state index contributed by atoms with van der Waals surface area (Å²) in [5.41, 5.74) is 5.41. The van der Waals surface area contributed by atoms with Crippen molar-refractivity contribution in [1.82, 2.24) is 4.98 Å². The Kier molecular flexibility index (Phi) is 5.97. The number of benzene rings is 1. The standard InChI is InChI=1S/C17H18F3N3O2/c1-2-3-14(21)16(24)23-12-6-9-15(22-10-12)25-13-7-4-11(5-8-13)17(18,19)20/h4-10,14H,2-3,21H2,1H3,(H,23,24). The summed E-state index contributed by atoms with van der Waals surface area (Å²) in [7, 11) is 0. The van der Waals surface area contributed by atoms with Crippen molar-refractivity contribution in [3.8, 4) is 11.6 Å². The predicted octanol–water partition coefficient (Wildman–Crippen LogP) is 3.96. The Morgan fingerprint density at radius 3 is 2.44 bits per heavy atom. The monoisotopic (exact) mass is 353 g/mol. The number of nitrogens with one attached hydrogen (secondary N) is 1. The van der Waals surface area contributed by atoms with Crippen LogP contribution in [0.5, 0.6) is 11.6 Å². The summed E-state index contributed by atoms with van der Waals surface area (Å²) in [6.45, 7) is 1.93. The minimum absolute atomic E-state index is 0.190. The Morgan fingerprint density at radius 2 is 1.92 bits per heavy atom. The van der Waals surface area contributed by atoms with Crippen LogP contribution in [0.1, 0.15) is 25.3 Å². The molecule has 0 saturated heterocycles. The summed E-state index contributed by atoms with van der Waals surface area (Å²) in [4.78, 5) is 15.8. The molecular weight excluding hydrogens is 335 g/mol. The average Bonchev–Trinajstić information content (AvgIpc) is 2.56. The number of nitrogens with two attached hydrogens (primary N) is 1. The lowest BCUT2D eigenvalue weighted by Gasteiger charge is -2.11. The van der Waals surface area contributed by atoms with Gasteiger partial charge in [0.1, 0.15) is 5.75 Å². The van der Waals surface area contributed by atoms with E-state index in [1.807, 2.05) is 6.92 Å². The van der Waals surface area contributed by atoms with E-state index in [1.165, 1.54) is 24.4 Å². The van der Waals surface area contributed by atoms with Crippen molar-refractivity contribution in [3.63, 3.8) is 0 Å². The molecule has 1 unspecified atom stereocenters. The van der Waals surface area contributed by atoms with Gasteiger partial charge in [-0.3, -0.25) is 4.79 Å². The van der Waals surface area contributed by atoms with E-state index < -0.39 is 17.8 Å². The van der Waals surface area contributed by atoms with Gasteiger partial charge in [-0.2, -0.15) is 13.2 Å². The van der Waals surface area contributed by atoms with E-state index in [9.17, 15) is 18.0 Å². The van der Waals surface area contributed by atoms with E-state index in [1.54, 1.807) is 6.07 Å². The zero-order valence-electron chi connectivity index (χ0n) is 13.5. The first-order valence-corrected chi connectivity index (χ1v) is 7.67. The van der Waals surface area contributed by atoms with Crippen molar-refractivity contribution in [2.75, 3.05) is 5.32 Å². The normalized spacial score (nSPS) is 12.5. The first-order chi connectivity index (χ1) is 11.8. The predicted molar refractivity (Wildman–Crippen MR) is 87.3 cm³/mol. The zero-order valence-corrected chi connectivity index (χ0v) is 13.5. The van der Waals surface area contributed by atoms with Gasteiger partial charge in [0, 0.05) is 6.07 Å². The molecule has 0 aliphatic rings. The summed E-state index contributed by atoms with van der Waals surface area (Å²) < 4.78 is 42.9. The van der Waals surface area contributed by atoms with Crippen LogP contribution in [0.25, 0.3) is 0 Å². The van der Waals surface area contributed by atoms with Crippen molar-refractivity contribution in [3.05, 3.63) is 48.2 Å². The number of aromatic nitrogens is 1. The number of carbonyl (C=O) groups is 1. The number of rotatable bonds is 6. The summed E-state index contributed by atoms with van der Waals surface area (Å²) in [5.74, 6) is 0.109. The summed E-state index contributed by atoms with van der Waals surface area (Å²) in [6.07, 6.45) is -1.63. The van der Waals surface area contributed by atoms with Gasteiger partial charge in [-0.15, -0.1) is 0 Å². The second-order valence-electron chi connectivity index (χ2n) is 5.39. The van der Waals surface area contributed by atoms with Crippen molar-refractivity contribution >= 4 is 11.6 Å². The fraction of sp³-hybridized carbons (Fsp3) is 0.294. The maximum Gasteiger partial charge on any atom is 0.416 e. The molecule has 2 aromatic rings. The number of halogens is 3. The third-order valence-corrected chi connectivity index (χ3v) is 3.34. The summed E-state index contributed by atoms with van der Waals surface area (Å²) >= 11 is 0. The smallest absolute Gasteiger partial charge is 0.416 e. The van der Waals surface area contributed by atoms with Crippen molar-refractivity contribution in [2.45, 2.75) is 32.0 Å². The maximum absolute atomic E-state index is 12.5. The fourth-order valence-electron chi connectivity index (χ4n) is 2.02. The van der Waals surface area contributed by atoms with Crippen LogP contribution < -0.4 is 15.8 Å². The van der Waals surface area contributed by atoms with Crippen LogP contribution in [0.2, 0.25) is 0 Å². The number of amides is 1. The first kappa shape index (κ1) is 18.7. The quantitative estimate of drug-likeness (QED) is 0.824. The number of hydrogen-bond donors (Lipinski definition) is 2. The number of nitrogens with zero attached hydrogens (tertiary/aromatic N) is 1. The third kappa shape index (κ3) is 5.46. The molecule has 0 aliphatic carbocycles. The lowest BCUT2D eigenvalue weighted by molar-refractivity contribution is -0.137. The number of carbonyl (C=O) groups excluding carboxylic acids is 1. The van der Waals surface area contributed by atoms with Crippen LogP contribution in [-0.2, 0) is 11.0 Å². The highest BCUT2D eigenvalue weighted by atomic mass is 19.4. The molecule has 0 aliphatic heterocycles. The van der Waals surface area contributed by atoms with E-state index in [4.69, 9.17) is 10.5 Å². The number of ether oxygens (including phenoxy) is 1. The second-order valence-corrected chi connectivity index (χ2v) is 5.39. The highest BCUT2D eigenvalue weighted by molar-refractivity contribution is 5.94. The average molecular weight is 353 g/mol. The fourth-order valence-corrected chi connectivity index (χ4v) is 2.02. The van der Waals surface area contributed by atoms with Gasteiger partial charge in [-0.25, -0.2) is 4.98 Å². The van der Waals surface area contributed by atoms with Crippen LogP contribution in [0.4, 0.5) is 18.9 Å². The van der Waals surface area contributed by atoms with E-state index in [0.717, 1.165) is 18.6 Å². The van der Waals surface area contributed by atoms with Crippen molar-refractivity contribution in [1.29, 1.82) is 0 Å². The highest BCUT2D eigenvalue weighted by Gasteiger charge is 2.30. The Bertz CT molecular complexity index is 701. The number of pyridine rings is 1. The Labute approximate surface area is 143 Å².